The summed E-state index contributed by atoms with van der Waals surface area (Å²) in [6, 6.07) is 16.1. The molecule has 8 nitrogen and oxygen atoms in total. The van der Waals surface area contributed by atoms with Crippen LogP contribution in [0.5, 0.6) is 0 Å². The molecule has 2 atom stereocenters. The largest absolute Gasteiger partial charge is 0.334 e. The molecule has 4 rings (SSSR count). The topological polar surface area (TPSA) is 76.2 Å². The molecule has 2 aliphatic heterocycles. The molecule has 0 spiro atoms. The lowest BCUT2D eigenvalue weighted by molar-refractivity contribution is -0.188. The third-order valence-corrected chi connectivity index (χ3v) is 6.49. The number of halogens is 1. The molecule has 2 saturated heterocycles. The van der Waals surface area contributed by atoms with E-state index < -0.39 is 12.2 Å². The van der Waals surface area contributed by atoms with Gasteiger partial charge >= 0.3 is 6.03 Å². The van der Waals surface area contributed by atoms with Crippen LogP contribution < -0.4 is 5.32 Å². The first-order valence-corrected chi connectivity index (χ1v) is 11.9. The van der Waals surface area contributed by atoms with Gasteiger partial charge in [0.2, 0.25) is 11.8 Å². The van der Waals surface area contributed by atoms with Crippen molar-refractivity contribution in [2.45, 2.75) is 45.1 Å². The van der Waals surface area contributed by atoms with Crippen LogP contribution in [-0.4, -0.2) is 70.0 Å². The van der Waals surface area contributed by atoms with Crippen molar-refractivity contribution in [2.75, 3.05) is 20.1 Å². The van der Waals surface area contributed by atoms with Crippen molar-refractivity contribution in [3.05, 3.63) is 70.7 Å². The quantitative estimate of drug-likeness (QED) is 0.685. The number of piperazine rings is 1. The number of rotatable bonds is 6. The number of hydrogen-bond acceptors (Lipinski definition) is 4. The highest BCUT2D eigenvalue weighted by Gasteiger charge is 2.50. The lowest BCUT2D eigenvalue weighted by atomic mass is 10.0. The molecule has 0 radical (unpaired) electrons. The highest BCUT2D eigenvalue weighted by molar-refractivity contribution is 6.30. The Balaban J connectivity index is 1.59. The van der Waals surface area contributed by atoms with Crippen LogP contribution in [0, 0.1) is 0 Å². The first-order chi connectivity index (χ1) is 16.4. The number of hydrazine groups is 1. The molecular formula is C25H30ClN5O3. The number of likely N-dealkylation sites (N-methyl/N-ethyl adjacent to an activating group) is 1. The molecule has 2 fully saturated rings. The molecule has 0 aromatic heterocycles. The number of carbonyl (C=O) groups excluding carboxylic acids is 3. The second kappa shape index (κ2) is 10.4. The minimum atomic E-state index is -0.603. The Labute approximate surface area is 205 Å². The molecule has 0 bridgehead atoms. The fourth-order valence-electron chi connectivity index (χ4n) is 4.71. The molecule has 2 aromatic carbocycles. The van der Waals surface area contributed by atoms with Crippen LogP contribution in [0.3, 0.4) is 0 Å². The van der Waals surface area contributed by atoms with Gasteiger partial charge in [0.25, 0.3) is 0 Å². The number of fused-ring (bicyclic) bond motifs is 1. The standard InChI is InChI=1S/C25H30ClN5O3/c1-3-8-21-24(33)29(15-19-11-7-12-20(26)13-19)16-22-30(21)23(32)17-28(2)31(22)25(34)27-14-18-9-5-4-6-10-18/h4-7,9-13,21-22H,3,8,14-17H2,1-2H3,(H,27,34)/t21-,22?/m0/s1. The molecule has 1 unspecified atom stereocenters. The third-order valence-electron chi connectivity index (χ3n) is 6.26. The average molecular weight is 484 g/mol. The number of amides is 4. The van der Waals surface area contributed by atoms with Crippen molar-refractivity contribution in [1.29, 1.82) is 0 Å². The number of nitrogens with one attached hydrogen (secondary N) is 1. The predicted octanol–water partition coefficient (Wildman–Crippen LogP) is 3.08. The predicted molar refractivity (Wildman–Crippen MR) is 129 cm³/mol. The molecular weight excluding hydrogens is 454 g/mol. The van der Waals surface area contributed by atoms with E-state index in [1.54, 1.807) is 32.9 Å². The van der Waals surface area contributed by atoms with Gasteiger partial charge in [-0.05, 0) is 29.7 Å². The van der Waals surface area contributed by atoms with Crippen molar-refractivity contribution in [3.8, 4) is 0 Å². The molecule has 180 valence electrons. The molecule has 2 heterocycles. The minimum Gasteiger partial charge on any atom is -0.333 e. The number of urea groups is 1. The Morgan fingerprint density at radius 1 is 1.09 bits per heavy atom. The SMILES string of the molecule is CCC[C@H]1C(=O)N(Cc2cccc(Cl)c2)CC2N1C(=O)CN(C)N2C(=O)NCc1ccccc1. The van der Waals surface area contributed by atoms with Gasteiger partial charge in [-0.15, -0.1) is 0 Å². The summed E-state index contributed by atoms with van der Waals surface area (Å²) in [5.74, 6) is -0.241. The van der Waals surface area contributed by atoms with E-state index >= 15 is 0 Å². The van der Waals surface area contributed by atoms with Crippen molar-refractivity contribution in [1.82, 2.24) is 25.1 Å². The monoisotopic (exact) mass is 483 g/mol. The molecule has 9 heteroatoms. The highest BCUT2D eigenvalue weighted by Crippen LogP contribution is 2.29. The normalized spacial score (nSPS) is 21.0. The summed E-state index contributed by atoms with van der Waals surface area (Å²) in [4.78, 5) is 43.2. The molecule has 4 amide bonds. The summed E-state index contributed by atoms with van der Waals surface area (Å²) in [5, 5.41) is 6.78. The van der Waals surface area contributed by atoms with E-state index in [1.807, 2.05) is 55.5 Å². The second-order valence-corrected chi connectivity index (χ2v) is 9.18. The number of carbonyl (C=O) groups is 3. The van der Waals surface area contributed by atoms with Crippen LogP contribution in [-0.2, 0) is 22.7 Å². The van der Waals surface area contributed by atoms with Gasteiger partial charge in [-0.1, -0.05) is 67.4 Å². The van der Waals surface area contributed by atoms with Gasteiger partial charge in [0.1, 0.15) is 12.2 Å². The van der Waals surface area contributed by atoms with Crippen LogP contribution in [0.2, 0.25) is 5.02 Å². The third kappa shape index (κ3) is 5.03. The van der Waals surface area contributed by atoms with Gasteiger partial charge in [-0.3, -0.25) is 9.59 Å². The Kier molecular flexibility index (Phi) is 7.38. The van der Waals surface area contributed by atoms with Crippen molar-refractivity contribution in [3.63, 3.8) is 0 Å². The fraction of sp³-hybridized carbons (Fsp3) is 0.400. The summed E-state index contributed by atoms with van der Waals surface area (Å²) >= 11 is 6.15. The second-order valence-electron chi connectivity index (χ2n) is 8.74. The summed E-state index contributed by atoms with van der Waals surface area (Å²) in [6.45, 7) is 2.98. The van der Waals surface area contributed by atoms with E-state index in [4.69, 9.17) is 11.6 Å². The summed E-state index contributed by atoms with van der Waals surface area (Å²) in [6.07, 6.45) is 0.694. The molecule has 34 heavy (non-hydrogen) atoms. The molecule has 0 saturated carbocycles. The Bertz CT molecular complexity index is 1050. The van der Waals surface area contributed by atoms with Crippen molar-refractivity contribution >= 4 is 29.4 Å². The van der Waals surface area contributed by atoms with Crippen LogP contribution in [0.25, 0.3) is 0 Å². The van der Waals surface area contributed by atoms with Gasteiger partial charge in [0, 0.05) is 25.2 Å². The first kappa shape index (κ1) is 24.0. The Morgan fingerprint density at radius 3 is 2.53 bits per heavy atom. The van der Waals surface area contributed by atoms with E-state index in [-0.39, 0.29) is 30.9 Å². The molecule has 2 aliphatic rings. The first-order valence-electron chi connectivity index (χ1n) is 11.6. The zero-order valence-electron chi connectivity index (χ0n) is 19.5. The van der Waals surface area contributed by atoms with E-state index in [9.17, 15) is 14.4 Å². The maximum atomic E-state index is 13.4. The van der Waals surface area contributed by atoms with E-state index in [0.29, 0.717) is 24.5 Å². The number of hydrogen-bond donors (Lipinski definition) is 1. The van der Waals surface area contributed by atoms with Crippen LogP contribution in [0.4, 0.5) is 4.79 Å². The number of nitrogens with zero attached hydrogens (tertiary/aromatic N) is 4. The van der Waals surface area contributed by atoms with E-state index in [2.05, 4.69) is 5.32 Å². The van der Waals surface area contributed by atoms with Crippen LogP contribution >= 0.6 is 11.6 Å². The van der Waals surface area contributed by atoms with Crippen LogP contribution in [0.1, 0.15) is 30.9 Å². The van der Waals surface area contributed by atoms with Gasteiger partial charge in [-0.25, -0.2) is 14.8 Å². The smallest absolute Gasteiger partial charge is 0.333 e. The average Bonchev–Trinajstić information content (AvgIpc) is 2.81. The summed E-state index contributed by atoms with van der Waals surface area (Å²) in [7, 11) is 1.73. The molecule has 2 aromatic rings. The van der Waals surface area contributed by atoms with Crippen molar-refractivity contribution < 1.29 is 14.4 Å². The maximum Gasteiger partial charge on any atom is 0.334 e. The minimum absolute atomic E-state index is 0.0387. The maximum absolute atomic E-state index is 13.4. The highest BCUT2D eigenvalue weighted by atomic mass is 35.5. The Hall–Kier alpha value is -3.10. The zero-order chi connectivity index (χ0) is 24.2. The fourth-order valence-corrected chi connectivity index (χ4v) is 4.92. The summed E-state index contributed by atoms with van der Waals surface area (Å²) < 4.78 is 0. The van der Waals surface area contributed by atoms with E-state index in [1.165, 1.54) is 0 Å². The zero-order valence-corrected chi connectivity index (χ0v) is 20.2. The van der Waals surface area contributed by atoms with Gasteiger partial charge in [0.05, 0.1) is 13.1 Å². The number of benzene rings is 2. The lowest BCUT2D eigenvalue weighted by Gasteiger charge is -2.54. The van der Waals surface area contributed by atoms with E-state index in [0.717, 1.165) is 17.5 Å². The summed E-state index contributed by atoms with van der Waals surface area (Å²) in [5.41, 5.74) is 1.88. The molecule has 0 aliphatic carbocycles. The van der Waals surface area contributed by atoms with Gasteiger partial charge < -0.3 is 15.1 Å². The van der Waals surface area contributed by atoms with Crippen LogP contribution in [0.15, 0.2) is 54.6 Å². The lowest BCUT2D eigenvalue weighted by Crippen LogP contribution is -2.75. The van der Waals surface area contributed by atoms with Gasteiger partial charge in [-0.2, -0.15) is 0 Å². The molecule has 1 N–H and O–H groups in total. The van der Waals surface area contributed by atoms with Crippen molar-refractivity contribution in [2.24, 2.45) is 0 Å². The van der Waals surface area contributed by atoms with Gasteiger partial charge in [0.15, 0.2) is 0 Å². The Morgan fingerprint density at radius 2 is 1.82 bits per heavy atom.